The van der Waals surface area contributed by atoms with Gasteiger partial charge in [0.05, 0.1) is 10.5 Å². The Kier molecular flexibility index (Phi) is 4.65. The van der Waals surface area contributed by atoms with E-state index in [4.69, 9.17) is 0 Å². The van der Waals surface area contributed by atoms with Gasteiger partial charge in [-0.2, -0.15) is 0 Å². The van der Waals surface area contributed by atoms with E-state index in [1.165, 1.54) is 6.07 Å². The molecule has 1 saturated heterocycles. The molecule has 1 aliphatic rings. The molecule has 1 aliphatic heterocycles. The van der Waals surface area contributed by atoms with Crippen LogP contribution in [-0.2, 0) is 0 Å². The van der Waals surface area contributed by atoms with E-state index in [1.807, 2.05) is 18.2 Å². The molecule has 1 atom stereocenters. The van der Waals surface area contributed by atoms with E-state index in [9.17, 15) is 10.1 Å². The summed E-state index contributed by atoms with van der Waals surface area (Å²) in [6, 6.07) is 7.32. The molecule has 5 nitrogen and oxygen atoms in total. The van der Waals surface area contributed by atoms with Crippen molar-refractivity contribution in [2.45, 2.75) is 13.0 Å². The van der Waals surface area contributed by atoms with E-state index in [2.05, 4.69) is 17.1 Å². The van der Waals surface area contributed by atoms with E-state index in [1.54, 1.807) is 12.1 Å². The Morgan fingerprint density at radius 1 is 1.53 bits per heavy atom. The summed E-state index contributed by atoms with van der Waals surface area (Å²) in [6.07, 6.45) is 3.84. The number of nitro groups is 1. The molecule has 0 amide bonds. The summed E-state index contributed by atoms with van der Waals surface area (Å²) < 4.78 is 0. The highest BCUT2D eigenvalue weighted by atomic mass is 16.6. The molecule has 1 aromatic rings. The molecular formula is C14H19N3O2. The molecule has 0 bridgehead atoms. The van der Waals surface area contributed by atoms with Gasteiger partial charge >= 0.3 is 0 Å². The van der Waals surface area contributed by atoms with Gasteiger partial charge in [-0.3, -0.25) is 15.0 Å². The molecule has 1 fully saturated rings. The third-order valence-corrected chi connectivity index (χ3v) is 3.25. The summed E-state index contributed by atoms with van der Waals surface area (Å²) in [7, 11) is 0. The zero-order chi connectivity index (χ0) is 13.7. The van der Waals surface area contributed by atoms with Gasteiger partial charge in [-0.15, -0.1) is 0 Å². The second-order valence-electron chi connectivity index (χ2n) is 4.83. The van der Waals surface area contributed by atoms with Crippen molar-refractivity contribution in [3.8, 4) is 0 Å². The van der Waals surface area contributed by atoms with Gasteiger partial charge in [0, 0.05) is 38.3 Å². The summed E-state index contributed by atoms with van der Waals surface area (Å²) in [5, 5.41) is 14.3. The van der Waals surface area contributed by atoms with Crippen molar-refractivity contribution in [3.63, 3.8) is 0 Å². The number of rotatable bonds is 4. The van der Waals surface area contributed by atoms with Crippen LogP contribution in [-0.4, -0.2) is 42.0 Å². The van der Waals surface area contributed by atoms with Gasteiger partial charge in [-0.05, 0) is 13.0 Å². The molecule has 1 N–H and O–H groups in total. The molecule has 1 aromatic carbocycles. The fraction of sp³-hybridized carbons (Fsp3) is 0.429. The van der Waals surface area contributed by atoms with Crippen molar-refractivity contribution in [2.24, 2.45) is 0 Å². The number of benzene rings is 1. The number of nitrogens with one attached hydrogen (secondary N) is 1. The lowest BCUT2D eigenvalue weighted by Gasteiger charge is -2.30. The summed E-state index contributed by atoms with van der Waals surface area (Å²) in [6.45, 7) is 6.03. The minimum Gasteiger partial charge on any atom is -0.312 e. The van der Waals surface area contributed by atoms with Crippen molar-refractivity contribution in [1.29, 1.82) is 0 Å². The van der Waals surface area contributed by atoms with Crippen LogP contribution in [0.15, 0.2) is 30.3 Å². The minimum atomic E-state index is -0.341. The molecule has 1 unspecified atom stereocenters. The number of para-hydroxylation sites is 1. The van der Waals surface area contributed by atoms with Gasteiger partial charge in [-0.1, -0.05) is 24.3 Å². The first-order chi connectivity index (χ1) is 9.16. The second kappa shape index (κ2) is 6.45. The molecule has 19 heavy (non-hydrogen) atoms. The average molecular weight is 261 g/mol. The molecule has 0 radical (unpaired) electrons. The highest BCUT2D eigenvalue weighted by Crippen LogP contribution is 2.18. The number of piperazine rings is 1. The minimum absolute atomic E-state index is 0.160. The number of hydrogen-bond acceptors (Lipinski definition) is 4. The van der Waals surface area contributed by atoms with Crippen LogP contribution >= 0.6 is 0 Å². The Bertz CT molecular complexity index is 474. The van der Waals surface area contributed by atoms with Gasteiger partial charge in [0.2, 0.25) is 0 Å². The lowest BCUT2D eigenvalue weighted by Crippen LogP contribution is -2.49. The van der Waals surface area contributed by atoms with Crippen molar-refractivity contribution >= 4 is 11.8 Å². The van der Waals surface area contributed by atoms with Gasteiger partial charge in [0.1, 0.15) is 0 Å². The van der Waals surface area contributed by atoms with Crippen molar-refractivity contribution < 1.29 is 4.92 Å². The Balaban J connectivity index is 1.97. The zero-order valence-electron chi connectivity index (χ0n) is 11.1. The SMILES string of the molecule is CC1CN(C/C=C/c2ccccc2[N+](=O)[O-])CCN1. The normalized spacial score (nSPS) is 20.8. The summed E-state index contributed by atoms with van der Waals surface area (Å²) in [4.78, 5) is 12.9. The van der Waals surface area contributed by atoms with Crippen LogP contribution in [0, 0.1) is 10.1 Å². The number of nitro benzene ring substituents is 1. The zero-order valence-corrected chi connectivity index (χ0v) is 11.1. The number of hydrogen-bond donors (Lipinski definition) is 1. The molecule has 5 heteroatoms. The van der Waals surface area contributed by atoms with E-state index in [-0.39, 0.29) is 10.6 Å². The summed E-state index contributed by atoms with van der Waals surface area (Å²) in [5.74, 6) is 0. The second-order valence-corrected chi connectivity index (χ2v) is 4.83. The topological polar surface area (TPSA) is 58.4 Å². The first kappa shape index (κ1) is 13.7. The molecule has 2 rings (SSSR count). The van der Waals surface area contributed by atoms with E-state index >= 15 is 0 Å². The third-order valence-electron chi connectivity index (χ3n) is 3.25. The lowest BCUT2D eigenvalue weighted by molar-refractivity contribution is -0.385. The first-order valence-electron chi connectivity index (χ1n) is 6.52. The highest BCUT2D eigenvalue weighted by Gasteiger charge is 2.14. The molecule has 0 aliphatic carbocycles. The molecule has 0 saturated carbocycles. The fourth-order valence-corrected chi connectivity index (χ4v) is 2.30. The van der Waals surface area contributed by atoms with Gasteiger partial charge < -0.3 is 5.32 Å². The maximum Gasteiger partial charge on any atom is 0.276 e. The fourth-order valence-electron chi connectivity index (χ4n) is 2.30. The standard InChI is InChI=1S/C14H19N3O2/c1-12-11-16(10-8-15-12)9-4-6-13-5-2-3-7-14(13)17(18)19/h2-7,12,15H,8-11H2,1H3/b6-4+. The largest absolute Gasteiger partial charge is 0.312 e. The molecule has 1 heterocycles. The predicted octanol–water partition coefficient (Wildman–Crippen LogP) is 1.90. The summed E-state index contributed by atoms with van der Waals surface area (Å²) in [5.41, 5.74) is 0.822. The quantitative estimate of drug-likeness (QED) is 0.664. The average Bonchev–Trinajstić information content (AvgIpc) is 2.39. The maximum absolute atomic E-state index is 10.9. The van der Waals surface area contributed by atoms with Gasteiger partial charge in [0.15, 0.2) is 0 Å². The van der Waals surface area contributed by atoms with Gasteiger partial charge in [0.25, 0.3) is 5.69 Å². The third kappa shape index (κ3) is 3.87. The van der Waals surface area contributed by atoms with Crippen LogP contribution in [0.2, 0.25) is 0 Å². The first-order valence-corrected chi connectivity index (χ1v) is 6.52. The molecule has 0 aromatic heterocycles. The summed E-state index contributed by atoms with van der Waals surface area (Å²) >= 11 is 0. The van der Waals surface area contributed by atoms with Crippen LogP contribution in [0.3, 0.4) is 0 Å². The smallest absolute Gasteiger partial charge is 0.276 e. The Morgan fingerprint density at radius 3 is 3.05 bits per heavy atom. The van der Waals surface area contributed by atoms with Crippen LogP contribution in [0.1, 0.15) is 12.5 Å². The van der Waals surface area contributed by atoms with Crippen molar-refractivity contribution in [1.82, 2.24) is 10.2 Å². The van der Waals surface area contributed by atoms with E-state index in [0.29, 0.717) is 11.6 Å². The molecular weight excluding hydrogens is 242 g/mol. The van der Waals surface area contributed by atoms with Crippen molar-refractivity contribution in [3.05, 3.63) is 46.0 Å². The monoisotopic (exact) mass is 261 g/mol. The van der Waals surface area contributed by atoms with Crippen LogP contribution < -0.4 is 5.32 Å². The Hall–Kier alpha value is -1.72. The number of nitrogens with zero attached hydrogens (tertiary/aromatic N) is 2. The molecule has 102 valence electrons. The van der Waals surface area contributed by atoms with Crippen LogP contribution in [0.25, 0.3) is 6.08 Å². The van der Waals surface area contributed by atoms with Crippen molar-refractivity contribution in [2.75, 3.05) is 26.2 Å². The Labute approximate surface area is 113 Å². The van der Waals surface area contributed by atoms with E-state index < -0.39 is 0 Å². The maximum atomic E-state index is 10.9. The van der Waals surface area contributed by atoms with Crippen LogP contribution in [0.4, 0.5) is 5.69 Å². The molecule has 0 spiro atoms. The Morgan fingerprint density at radius 2 is 2.32 bits per heavy atom. The lowest BCUT2D eigenvalue weighted by atomic mass is 10.1. The highest BCUT2D eigenvalue weighted by molar-refractivity contribution is 5.60. The predicted molar refractivity (Wildman–Crippen MR) is 76.0 cm³/mol. The van der Waals surface area contributed by atoms with Gasteiger partial charge in [-0.25, -0.2) is 0 Å². The van der Waals surface area contributed by atoms with Crippen LogP contribution in [0.5, 0.6) is 0 Å². The van der Waals surface area contributed by atoms with E-state index in [0.717, 1.165) is 26.2 Å².